The number of carbonyl (C=O) groups excluding carboxylic acids is 1. The molecule has 0 aliphatic carbocycles. The molecule has 0 spiro atoms. The van der Waals surface area contributed by atoms with Crippen LogP contribution in [0, 0.1) is 0 Å². The third kappa shape index (κ3) is 5.17. The first-order valence-corrected chi connectivity index (χ1v) is 7.18. The molecule has 1 N–H and O–H groups in total. The quantitative estimate of drug-likeness (QED) is 0.786. The number of aromatic nitrogens is 2. The van der Waals surface area contributed by atoms with E-state index in [1.807, 2.05) is 27.7 Å². The Morgan fingerprint density at radius 2 is 2.00 bits per heavy atom. The number of carbonyl (C=O) groups is 2. The van der Waals surface area contributed by atoms with Crippen LogP contribution in [0.15, 0.2) is 4.52 Å². The fourth-order valence-electron chi connectivity index (χ4n) is 1.82. The summed E-state index contributed by atoms with van der Waals surface area (Å²) in [6.07, 6.45) is 1.19. The van der Waals surface area contributed by atoms with Crippen LogP contribution in [0.25, 0.3) is 0 Å². The van der Waals surface area contributed by atoms with Crippen LogP contribution < -0.4 is 0 Å². The average Bonchev–Trinajstić information content (AvgIpc) is 2.90. The Balaban J connectivity index is 2.61. The smallest absolute Gasteiger partial charge is 0.323 e. The lowest BCUT2D eigenvalue weighted by Crippen LogP contribution is -2.41. The van der Waals surface area contributed by atoms with Crippen LogP contribution in [0.2, 0.25) is 0 Å². The minimum absolute atomic E-state index is 0.109. The molecular formula is C14H23N3O4. The summed E-state index contributed by atoms with van der Waals surface area (Å²) < 4.78 is 5.08. The van der Waals surface area contributed by atoms with Crippen LogP contribution in [0.1, 0.15) is 58.2 Å². The van der Waals surface area contributed by atoms with Gasteiger partial charge in [-0.25, -0.2) is 0 Å². The van der Waals surface area contributed by atoms with Crippen LogP contribution in [0.4, 0.5) is 0 Å². The van der Waals surface area contributed by atoms with Crippen LogP contribution in [-0.2, 0) is 16.0 Å². The van der Waals surface area contributed by atoms with Gasteiger partial charge in [0.15, 0.2) is 5.82 Å². The molecule has 0 saturated heterocycles. The maximum atomic E-state index is 12.2. The van der Waals surface area contributed by atoms with Crippen molar-refractivity contribution < 1.29 is 19.2 Å². The van der Waals surface area contributed by atoms with Gasteiger partial charge in [0.2, 0.25) is 11.8 Å². The summed E-state index contributed by atoms with van der Waals surface area (Å²) in [5, 5.41) is 12.7. The summed E-state index contributed by atoms with van der Waals surface area (Å²) in [7, 11) is 0. The van der Waals surface area contributed by atoms with Gasteiger partial charge in [-0.2, -0.15) is 4.98 Å². The molecule has 1 aromatic rings. The average molecular weight is 297 g/mol. The first kappa shape index (κ1) is 17.1. The summed E-state index contributed by atoms with van der Waals surface area (Å²) in [4.78, 5) is 28.6. The largest absolute Gasteiger partial charge is 0.480 e. The number of nitrogens with zero attached hydrogens (tertiary/aromatic N) is 3. The fraction of sp³-hybridized carbons (Fsp3) is 0.714. The second-order valence-corrected chi connectivity index (χ2v) is 5.37. The molecular weight excluding hydrogens is 274 g/mol. The van der Waals surface area contributed by atoms with E-state index in [0.29, 0.717) is 24.6 Å². The zero-order valence-electron chi connectivity index (χ0n) is 13.0. The monoisotopic (exact) mass is 297 g/mol. The molecule has 0 saturated carbocycles. The second kappa shape index (κ2) is 7.75. The molecule has 0 aromatic carbocycles. The number of rotatable bonds is 8. The lowest BCUT2D eigenvalue weighted by Gasteiger charge is -2.26. The molecule has 1 rings (SSSR count). The molecule has 1 atom stereocenters. The minimum Gasteiger partial charge on any atom is -0.480 e. The van der Waals surface area contributed by atoms with Crippen LogP contribution in [0.3, 0.4) is 0 Å². The van der Waals surface area contributed by atoms with Gasteiger partial charge in [-0.05, 0) is 13.3 Å². The predicted octanol–water partition coefficient (Wildman–Crippen LogP) is 1.84. The number of carboxylic acid groups (broad SMARTS) is 1. The highest BCUT2D eigenvalue weighted by Gasteiger charge is 2.22. The van der Waals surface area contributed by atoms with Crippen molar-refractivity contribution in [3.8, 4) is 0 Å². The van der Waals surface area contributed by atoms with E-state index in [4.69, 9.17) is 9.63 Å². The predicted molar refractivity (Wildman–Crippen MR) is 75.8 cm³/mol. The SMILES string of the molecule is CCC(C)N(CC(=O)O)C(=O)CCc1nc(C(C)C)no1. The van der Waals surface area contributed by atoms with E-state index in [1.54, 1.807) is 0 Å². The molecule has 0 fully saturated rings. The van der Waals surface area contributed by atoms with Crippen LogP contribution >= 0.6 is 0 Å². The van der Waals surface area contributed by atoms with Gasteiger partial charge >= 0.3 is 5.97 Å². The van der Waals surface area contributed by atoms with Crippen molar-refractivity contribution in [1.29, 1.82) is 0 Å². The molecule has 0 aliphatic rings. The van der Waals surface area contributed by atoms with Gasteiger partial charge in [0.25, 0.3) is 0 Å². The van der Waals surface area contributed by atoms with E-state index >= 15 is 0 Å². The molecule has 1 amide bonds. The number of aryl methyl sites for hydroxylation is 1. The Bertz CT molecular complexity index is 484. The van der Waals surface area contributed by atoms with E-state index in [0.717, 1.165) is 0 Å². The highest BCUT2D eigenvalue weighted by atomic mass is 16.5. The molecule has 7 nitrogen and oxygen atoms in total. The number of aliphatic carboxylic acids is 1. The van der Waals surface area contributed by atoms with Crippen molar-refractivity contribution in [1.82, 2.24) is 15.0 Å². The summed E-state index contributed by atoms with van der Waals surface area (Å²) in [5.74, 6) is -0.0327. The lowest BCUT2D eigenvalue weighted by molar-refractivity contribution is -0.146. The molecule has 7 heteroatoms. The highest BCUT2D eigenvalue weighted by molar-refractivity contribution is 5.81. The zero-order valence-corrected chi connectivity index (χ0v) is 13.0. The van der Waals surface area contributed by atoms with E-state index < -0.39 is 5.97 Å². The van der Waals surface area contributed by atoms with Gasteiger partial charge in [0.1, 0.15) is 6.54 Å². The molecule has 1 unspecified atom stereocenters. The Hall–Kier alpha value is -1.92. The van der Waals surface area contributed by atoms with Crippen molar-refractivity contribution >= 4 is 11.9 Å². The van der Waals surface area contributed by atoms with Gasteiger partial charge < -0.3 is 14.5 Å². The van der Waals surface area contributed by atoms with E-state index in [-0.39, 0.29) is 30.8 Å². The third-order valence-corrected chi connectivity index (χ3v) is 3.30. The summed E-state index contributed by atoms with van der Waals surface area (Å²) in [5.41, 5.74) is 0. The van der Waals surface area contributed by atoms with Crippen molar-refractivity contribution in [2.45, 2.75) is 58.9 Å². The summed E-state index contributed by atoms with van der Waals surface area (Å²) >= 11 is 0. The first-order valence-electron chi connectivity index (χ1n) is 7.18. The van der Waals surface area contributed by atoms with Gasteiger partial charge in [0, 0.05) is 24.8 Å². The third-order valence-electron chi connectivity index (χ3n) is 3.30. The Morgan fingerprint density at radius 1 is 1.33 bits per heavy atom. The Kier molecular flexibility index (Phi) is 6.33. The zero-order chi connectivity index (χ0) is 16.0. The van der Waals surface area contributed by atoms with Crippen molar-refractivity contribution in [2.24, 2.45) is 0 Å². The molecule has 1 aromatic heterocycles. The topological polar surface area (TPSA) is 96.5 Å². The van der Waals surface area contributed by atoms with Crippen molar-refractivity contribution in [2.75, 3.05) is 6.54 Å². The Labute approximate surface area is 124 Å². The highest BCUT2D eigenvalue weighted by Crippen LogP contribution is 2.12. The fourth-order valence-corrected chi connectivity index (χ4v) is 1.82. The summed E-state index contributed by atoms with van der Waals surface area (Å²) in [6, 6.07) is -0.109. The number of carboxylic acids is 1. The van der Waals surface area contributed by atoms with Gasteiger partial charge in [-0.1, -0.05) is 25.9 Å². The van der Waals surface area contributed by atoms with Crippen molar-refractivity contribution in [3.05, 3.63) is 11.7 Å². The number of hydrogen-bond acceptors (Lipinski definition) is 5. The van der Waals surface area contributed by atoms with Crippen LogP contribution in [0.5, 0.6) is 0 Å². The van der Waals surface area contributed by atoms with Crippen molar-refractivity contribution in [3.63, 3.8) is 0 Å². The Morgan fingerprint density at radius 3 is 2.48 bits per heavy atom. The maximum absolute atomic E-state index is 12.2. The molecule has 0 bridgehead atoms. The standard InChI is InChI=1S/C14H23N3O4/c1-5-10(4)17(8-13(19)20)12(18)7-6-11-15-14(9(2)3)16-21-11/h9-10H,5-8H2,1-4H3,(H,19,20). The van der Waals surface area contributed by atoms with E-state index in [9.17, 15) is 9.59 Å². The van der Waals surface area contributed by atoms with Crippen LogP contribution in [-0.4, -0.2) is 44.6 Å². The molecule has 1 heterocycles. The number of hydrogen-bond donors (Lipinski definition) is 1. The molecule has 0 radical (unpaired) electrons. The molecule has 118 valence electrons. The van der Waals surface area contributed by atoms with Gasteiger partial charge in [0.05, 0.1) is 0 Å². The van der Waals surface area contributed by atoms with E-state index in [1.165, 1.54) is 4.90 Å². The molecule has 21 heavy (non-hydrogen) atoms. The molecule has 0 aliphatic heterocycles. The number of amides is 1. The van der Waals surface area contributed by atoms with Gasteiger partial charge in [-0.15, -0.1) is 0 Å². The van der Waals surface area contributed by atoms with Gasteiger partial charge in [-0.3, -0.25) is 9.59 Å². The minimum atomic E-state index is -1.01. The normalized spacial score (nSPS) is 12.4. The van der Waals surface area contributed by atoms with E-state index in [2.05, 4.69) is 10.1 Å². The lowest BCUT2D eigenvalue weighted by atomic mass is 10.2. The first-order chi connectivity index (χ1) is 9.85. The maximum Gasteiger partial charge on any atom is 0.323 e. The summed E-state index contributed by atoms with van der Waals surface area (Å²) in [6.45, 7) is 7.38. The second-order valence-electron chi connectivity index (χ2n) is 5.37.